The number of hydrogen-bond acceptors (Lipinski definition) is 3. The van der Waals surface area contributed by atoms with E-state index in [1.165, 1.54) is 6.42 Å². The molecule has 1 aromatic carbocycles. The highest BCUT2D eigenvalue weighted by molar-refractivity contribution is 5.84. The Morgan fingerprint density at radius 2 is 1.79 bits per heavy atom. The van der Waals surface area contributed by atoms with E-state index in [0.717, 1.165) is 24.2 Å². The minimum atomic E-state index is -1.07. The van der Waals surface area contributed by atoms with E-state index >= 15 is 0 Å². The summed E-state index contributed by atoms with van der Waals surface area (Å²) in [5.41, 5.74) is 1.65. The molecular formula is C25H35O3-. The zero-order valence-electron chi connectivity index (χ0n) is 18.3. The minimum Gasteiger partial charge on any atom is -0.545 e. The fourth-order valence-corrected chi connectivity index (χ4v) is 4.90. The second kappa shape index (κ2) is 7.77. The number of rotatable bonds is 4. The zero-order chi connectivity index (χ0) is 21.3. The molecule has 0 N–H and O–H groups in total. The Morgan fingerprint density at radius 3 is 2.14 bits per heavy atom. The Kier molecular flexibility index (Phi) is 6.18. The molecule has 0 aromatic heterocycles. The summed E-state index contributed by atoms with van der Waals surface area (Å²) < 4.78 is 5.67. The molecule has 2 aliphatic rings. The molecule has 3 heteroatoms. The van der Waals surface area contributed by atoms with E-state index in [-0.39, 0.29) is 22.3 Å². The molecule has 1 aromatic rings. The van der Waals surface area contributed by atoms with Crippen LogP contribution in [0.4, 0.5) is 0 Å². The zero-order valence-corrected chi connectivity index (χ0v) is 18.3. The first kappa shape index (κ1) is 22.3. The molecule has 3 rings (SSSR count). The molecule has 2 aliphatic carbocycles. The van der Waals surface area contributed by atoms with Gasteiger partial charge in [-0.05, 0) is 86.0 Å². The van der Waals surface area contributed by atoms with E-state index in [2.05, 4.69) is 33.9 Å². The molecule has 2 saturated carbocycles. The Labute approximate surface area is 170 Å². The topological polar surface area (TPSA) is 49.4 Å². The number of aliphatic carboxylic acids is 1. The standard InChI is InChI=1S/C13H20O2.C12H16O/c1-8(11(14)15)10-7-9-5-6-13(10,4)12(9,2)3;1-5-10-6-8-11(9-7-10)13-12(2,3)4/h9-10H,1,5-7H2,2-4H3,(H,14,15);5-9H,1H2,2-4H3/p-1/t9-,10?,13-;/m1./s1. The molecule has 0 aliphatic heterocycles. The van der Waals surface area contributed by atoms with Crippen molar-refractivity contribution >= 4 is 12.0 Å². The van der Waals surface area contributed by atoms with Crippen molar-refractivity contribution in [2.75, 3.05) is 0 Å². The highest BCUT2D eigenvalue weighted by Crippen LogP contribution is 2.69. The summed E-state index contributed by atoms with van der Waals surface area (Å²) >= 11 is 0. The first-order chi connectivity index (χ1) is 12.8. The molecule has 0 spiro atoms. The number of carboxylic acids is 1. The summed E-state index contributed by atoms with van der Waals surface area (Å²) in [4.78, 5) is 10.9. The summed E-state index contributed by atoms with van der Waals surface area (Å²) in [6.07, 6.45) is 5.17. The van der Waals surface area contributed by atoms with E-state index in [4.69, 9.17) is 4.74 Å². The highest BCUT2D eigenvalue weighted by atomic mass is 16.5. The SMILES string of the molecule is C=C(C(=O)[O-])C1C[C@H]2CC[C@@]1(C)C2(C)C.C=Cc1ccc(OC(C)(C)C)cc1. The van der Waals surface area contributed by atoms with Crippen molar-refractivity contribution < 1.29 is 14.6 Å². The number of carboxylic acid groups (broad SMARTS) is 1. The molecule has 1 unspecified atom stereocenters. The first-order valence-corrected chi connectivity index (χ1v) is 10.1. The number of hydrogen-bond donors (Lipinski definition) is 0. The van der Waals surface area contributed by atoms with Crippen molar-refractivity contribution in [3.63, 3.8) is 0 Å². The molecule has 2 bridgehead atoms. The van der Waals surface area contributed by atoms with Gasteiger partial charge in [0.1, 0.15) is 11.4 Å². The Balaban J connectivity index is 0.000000203. The maximum Gasteiger partial charge on any atom is 0.120 e. The van der Waals surface area contributed by atoms with E-state index in [1.807, 2.05) is 51.1 Å². The Morgan fingerprint density at radius 1 is 1.21 bits per heavy atom. The van der Waals surface area contributed by atoms with Crippen LogP contribution in [0.1, 0.15) is 66.4 Å². The van der Waals surface area contributed by atoms with Gasteiger partial charge in [-0.1, -0.05) is 52.1 Å². The lowest BCUT2D eigenvalue weighted by Crippen LogP contribution is -2.37. The maximum absolute atomic E-state index is 10.9. The van der Waals surface area contributed by atoms with Crippen LogP contribution >= 0.6 is 0 Å². The number of ether oxygens (including phenoxy) is 1. The Bertz CT molecular complexity index is 736. The largest absolute Gasteiger partial charge is 0.545 e. The number of carbonyl (C=O) groups excluding carboxylic acids is 1. The van der Waals surface area contributed by atoms with E-state index < -0.39 is 5.97 Å². The van der Waals surface area contributed by atoms with Gasteiger partial charge in [0.25, 0.3) is 0 Å². The molecule has 0 heterocycles. The quantitative estimate of drug-likeness (QED) is 0.666. The average Bonchev–Trinajstić information content (AvgIpc) is 2.94. The second-order valence-corrected chi connectivity index (χ2v) is 9.96. The molecule has 3 nitrogen and oxygen atoms in total. The number of benzene rings is 1. The predicted molar refractivity (Wildman–Crippen MR) is 114 cm³/mol. The number of fused-ring (bicyclic) bond motifs is 2. The van der Waals surface area contributed by atoms with E-state index in [9.17, 15) is 9.90 Å². The highest BCUT2D eigenvalue weighted by Gasteiger charge is 2.61. The van der Waals surface area contributed by atoms with Crippen molar-refractivity contribution in [1.82, 2.24) is 0 Å². The van der Waals surface area contributed by atoms with Crippen LogP contribution in [-0.2, 0) is 4.79 Å². The van der Waals surface area contributed by atoms with Crippen molar-refractivity contribution in [3.05, 3.63) is 48.6 Å². The molecular weight excluding hydrogens is 348 g/mol. The molecule has 3 atom stereocenters. The Hall–Kier alpha value is -2.03. The summed E-state index contributed by atoms with van der Waals surface area (Å²) in [6.45, 7) is 20.3. The summed E-state index contributed by atoms with van der Waals surface area (Å²) in [5, 5.41) is 10.9. The third-order valence-electron chi connectivity index (χ3n) is 7.02. The molecule has 28 heavy (non-hydrogen) atoms. The van der Waals surface area contributed by atoms with Crippen LogP contribution < -0.4 is 9.84 Å². The van der Waals surface area contributed by atoms with Gasteiger partial charge in [-0.3, -0.25) is 0 Å². The van der Waals surface area contributed by atoms with Gasteiger partial charge < -0.3 is 14.6 Å². The van der Waals surface area contributed by atoms with Crippen LogP contribution in [0.3, 0.4) is 0 Å². The molecule has 0 amide bonds. The lowest BCUT2D eigenvalue weighted by Gasteiger charge is -2.40. The lowest BCUT2D eigenvalue weighted by atomic mass is 9.65. The lowest BCUT2D eigenvalue weighted by molar-refractivity contribution is -0.300. The molecule has 154 valence electrons. The normalized spacial score (nSPS) is 27.5. The average molecular weight is 384 g/mol. The van der Waals surface area contributed by atoms with Gasteiger partial charge in [0, 0.05) is 0 Å². The summed E-state index contributed by atoms with van der Waals surface area (Å²) in [6, 6.07) is 7.91. The van der Waals surface area contributed by atoms with Crippen LogP contribution in [0.2, 0.25) is 0 Å². The molecule has 0 saturated heterocycles. The van der Waals surface area contributed by atoms with Crippen molar-refractivity contribution in [2.24, 2.45) is 22.7 Å². The van der Waals surface area contributed by atoms with E-state index in [1.54, 1.807) is 0 Å². The van der Waals surface area contributed by atoms with Gasteiger partial charge >= 0.3 is 0 Å². The van der Waals surface area contributed by atoms with Crippen LogP contribution in [-0.4, -0.2) is 11.6 Å². The minimum absolute atomic E-state index is 0.106. The van der Waals surface area contributed by atoms with Gasteiger partial charge in [-0.2, -0.15) is 0 Å². The first-order valence-electron chi connectivity index (χ1n) is 10.1. The van der Waals surface area contributed by atoms with Crippen LogP contribution in [0, 0.1) is 22.7 Å². The van der Waals surface area contributed by atoms with Gasteiger partial charge in [0.05, 0.1) is 5.97 Å². The maximum atomic E-state index is 10.9. The second-order valence-electron chi connectivity index (χ2n) is 9.96. The van der Waals surface area contributed by atoms with Gasteiger partial charge in [0.15, 0.2) is 0 Å². The summed E-state index contributed by atoms with van der Waals surface area (Å²) in [5.74, 6) is 0.613. The van der Waals surface area contributed by atoms with Crippen LogP contribution in [0.25, 0.3) is 6.08 Å². The number of carbonyl (C=O) groups is 1. The van der Waals surface area contributed by atoms with Crippen molar-refractivity contribution in [3.8, 4) is 5.75 Å². The van der Waals surface area contributed by atoms with E-state index in [0.29, 0.717) is 11.5 Å². The van der Waals surface area contributed by atoms with Crippen LogP contribution in [0.5, 0.6) is 5.75 Å². The predicted octanol–water partition coefficient (Wildman–Crippen LogP) is 5.26. The fraction of sp³-hybridized carbons (Fsp3) is 0.560. The third kappa shape index (κ3) is 4.34. The molecule has 2 fully saturated rings. The summed E-state index contributed by atoms with van der Waals surface area (Å²) in [7, 11) is 0. The van der Waals surface area contributed by atoms with Gasteiger partial charge in [-0.25, -0.2) is 0 Å². The fourth-order valence-electron chi connectivity index (χ4n) is 4.90. The van der Waals surface area contributed by atoms with Crippen LogP contribution in [0.15, 0.2) is 43.0 Å². The monoisotopic (exact) mass is 383 g/mol. The van der Waals surface area contributed by atoms with Gasteiger partial charge in [-0.15, -0.1) is 0 Å². The van der Waals surface area contributed by atoms with Crippen molar-refractivity contribution in [2.45, 2.75) is 66.4 Å². The van der Waals surface area contributed by atoms with Gasteiger partial charge in [0.2, 0.25) is 0 Å². The molecule has 0 radical (unpaired) electrons. The third-order valence-corrected chi connectivity index (χ3v) is 7.02. The smallest absolute Gasteiger partial charge is 0.120 e. The van der Waals surface area contributed by atoms with Crippen molar-refractivity contribution in [1.29, 1.82) is 0 Å².